The maximum absolute atomic E-state index is 16.3. The van der Waals surface area contributed by atoms with Crippen LogP contribution in [0.15, 0.2) is 84.0 Å². The first-order valence-electron chi connectivity index (χ1n) is 36.3. The highest BCUT2D eigenvalue weighted by Crippen LogP contribution is 2.58. The van der Waals surface area contributed by atoms with Crippen molar-refractivity contribution >= 4 is 76.2 Å². The molecule has 15 bridgehead atoms. The Morgan fingerprint density at radius 3 is 1.92 bits per heavy atom. The number of halogens is 2. The van der Waals surface area contributed by atoms with Crippen LogP contribution in [0, 0.1) is 41.4 Å². The van der Waals surface area contributed by atoms with Gasteiger partial charge in [-0.15, -0.1) is 0 Å². The van der Waals surface area contributed by atoms with Gasteiger partial charge in [-0.3, -0.25) is 43.3 Å². The number of nitrogens with two attached hydrogens (primary N) is 1. The number of hydrogen-bond acceptors (Lipinski definition) is 23. The molecule has 14 atom stereocenters. The summed E-state index contributed by atoms with van der Waals surface area (Å²) in [6.07, 6.45) is -13.4. The van der Waals surface area contributed by atoms with Crippen molar-refractivity contribution in [1.82, 2.24) is 26.2 Å². The van der Waals surface area contributed by atoms with Gasteiger partial charge in [0.25, 0.3) is 0 Å². The number of hydrogen-bond donors (Lipinski definition) is 13. The average molecular weight is 1560 g/mol. The maximum atomic E-state index is 16.3. The Morgan fingerprint density at radius 1 is 0.709 bits per heavy atom. The molecule has 0 radical (unpaired) electrons. The molecule has 6 aliphatic heterocycles. The highest BCUT2D eigenvalue weighted by Gasteiger charge is 2.51. The van der Waals surface area contributed by atoms with Gasteiger partial charge >= 0.3 is 6.09 Å². The summed E-state index contributed by atoms with van der Waals surface area (Å²) in [7, 11) is 1.29. The first-order valence-corrected chi connectivity index (χ1v) is 37.1. The normalized spacial score (nSPS) is 28.9. The Bertz CT molecular complexity index is 4520. The number of amides is 6. The summed E-state index contributed by atoms with van der Waals surface area (Å²) in [6.45, 7) is 7.69. The summed E-state index contributed by atoms with van der Waals surface area (Å²) < 4.78 is 31.2. The van der Waals surface area contributed by atoms with Gasteiger partial charge in [-0.05, 0) is 183 Å². The molecule has 5 unspecified atom stereocenters. The first kappa shape index (κ1) is 79.7. The second kappa shape index (κ2) is 32.2. The number of primary amides is 1. The number of nitrogens with one attached hydrogen (secondary N) is 4. The van der Waals surface area contributed by atoms with E-state index in [0.29, 0.717) is 11.8 Å². The summed E-state index contributed by atoms with van der Waals surface area (Å²) in [5.41, 5.74) is 12.4. The van der Waals surface area contributed by atoms with Gasteiger partial charge in [-0.2, -0.15) is 0 Å². The third-order valence-corrected chi connectivity index (χ3v) is 22.4. The van der Waals surface area contributed by atoms with Crippen molar-refractivity contribution in [1.29, 1.82) is 0 Å². The Kier molecular flexibility index (Phi) is 23.4. The molecule has 5 aromatic carbocycles. The Morgan fingerprint density at radius 2 is 1.33 bits per heavy atom. The molecule has 33 heteroatoms. The minimum atomic E-state index is -2.20. The van der Waals surface area contributed by atoms with Crippen LogP contribution < -0.4 is 41.2 Å². The van der Waals surface area contributed by atoms with Gasteiger partial charge < -0.3 is 91.5 Å². The number of Topliss-reactive ketones (excluding diaryl/α,β-unsaturated/α-hetero) is 3. The molecule has 4 aliphatic carbocycles. The van der Waals surface area contributed by atoms with Crippen LogP contribution in [-0.4, -0.2) is 167 Å². The van der Waals surface area contributed by atoms with Crippen LogP contribution in [-0.2, 0) is 47.8 Å². The predicted molar refractivity (Wildman–Crippen MR) is 390 cm³/mol. The van der Waals surface area contributed by atoms with Gasteiger partial charge in [0.2, 0.25) is 41.6 Å². The Hall–Kier alpha value is -9.82. The number of ether oxygens (including phenoxy) is 5. The maximum Gasteiger partial charge on any atom is 0.410 e. The first-order chi connectivity index (χ1) is 52.0. The van der Waals surface area contributed by atoms with Crippen LogP contribution in [0.3, 0.4) is 0 Å². The molecule has 5 fully saturated rings. The molecule has 0 aromatic heterocycles. The Labute approximate surface area is 640 Å². The number of carbonyl (C=O) groups is 9. The van der Waals surface area contributed by atoms with E-state index in [1.54, 1.807) is 34.6 Å². The van der Waals surface area contributed by atoms with Crippen molar-refractivity contribution in [2.45, 2.75) is 183 Å². The number of phenolic OH excluding ortho intramolecular Hbond substituents is 3. The number of fused-ring (bicyclic) bond motifs is 15. The zero-order chi connectivity index (χ0) is 79.4. The lowest BCUT2D eigenvalue weighted by Crippen LogP contribution is -2.59. The molecule has 110 heavy (non-hydrogen) atoms. The SMILES string of the molecule is CC(C)C[C@H](C(=O)N[C@H]1C(=O)C[C@@H](CC(N)=O)C(=O)N[C@H]2C(=O)C[C@H]3C(=O)N[C@H](C(=O)N[C@H](C(=O)CC4C5CC6CC(C5)CC4C6)c4cc(O)cc(O)c4-c4cc3ccc4O)[C@H](O)c3ccc(c(Cl)c3)Oc3cc2cc(c3OC2OC(CN=[N+]=[N-])C(O)C(O)C2O)Oc2ccc(cc2Cl)[C@H]1O)N(C)C(=O)OC(C)(C)C. The van der Waals surface area contributed by atoms with E-state index in [1.165, 1.54) is 43.4 Å². The molecule has 586 valence electrons. The van der Waals surface area contributed by atoms with Crippen LogP contribution >= 0.6 is 23.2 Å². The standard InChI is InChI=1S/C77H87Cl2N9O22/c1-31(2)13-48(88(6)76(105)110-77(3,4)5)73(103)85-63-51(92)22-40(25-59(80)95)71(101)83-61-39-23-56(106-54-11-8-35(65(63)96)20-46(54)78)70(109-75-69(100)68(99)67(98)58(108-75)30-82-87-81)57(24-39)107-55-12-9-36(21-47(55)79)66(97)64-74(104)84-62(53(94)28-42-37-15-32-14-33(17-37)18-38(42)16-32)45-26-41(89)27-50(91)60(45)44-19-34(7-10-49(44)90)43(29-52(61)93)72(102)86-64/h7-12,19-21,23-24,26-27,31-33,37-38,40,42-43,48,58,61-69,75,89-91,96-100H,13-18,22,25,28-30H2,1-6H3,(H2,80,95)(H,83,101)(H,84,104)(H,85,103)(H,86,102)/t32?,33?,37?,38?,40-,42?,43+,48+,58?,61+,62-,63-,64-,65+,66+,67?,68?,69?,75?/m0/s1. The third-order valence-electron chi connectivity index (χ3n) is 21.8. The molecule has 5 aromatic rings. The lowest BCUT2D eigenvalue weighted by molar-refractivity contribution is -0.270. The fourth-order valence-electron chi connectivity index (χ4n) is 16.7. The van der Waals surface area contributed by atoms with Crippen molar-refractivity contribution < 1.29 is 108 Å². The van der Waals surface area contributed by atoms with E-state index in [1.807, 2.05) is 0 Å². The lowest BCUT2D eigenvalue weighted by atomic mass is 9.51. The number of likely N-dealkylation sites (N-methyl/N-ethyl adjacent to an activating group) is 1. The van der Waals surface area contributed by atoms with E-state index in [4.69, 9.17) is 52.6 Å². The molecule has 6 amide bonds. The van der Waals surface area contributed by atoms with Crippen LogP contribution in [0.4, 0.5) is 4.79 Å². The van der Waals surface area contributed by atoms with Crippen molar-refractivity contribution in [3.8, 4) is 57.1 Å². The van der Waals surface area contributed by atoms with E-state index in [2.05, 4.69) is 31.3 Å². The smallest absolute Gasteiger partial charge is 0.410 e. The number of aliphatic hydroxyl groups is 5. The highest BCUT2D eigenvalue weighted by atomic mass is 35.5. The van der Waals surface area contributed by atoms with Crippen LogP contribution in [0.2, 0.25) is 10.0 Å². The number of ketones is 3. The zero-order valence-corrected chi connectivity index (χ0v) is 62.3. The van der Waals surface area contributed by atoms with Crippen LogP contribution in [0.1, 0.15) is 157 Å². The number of nitrogens with zero attached hydrogens (tertiary/aromatic N) is 4. The van der Waals surface area contributed by atoms with Crippen molar-refractivity contribution in [3.63, 3.8) is 0 Å². The molecule has 15 rings (SSSR count). The minimum absolute atomic E-state index is 0.0254. The number of aliphatic hydroxyl groups excluding tert-OH is 5. The molecule has 4 saturated carbocycles. The highest BCUT2D eigenvalue weighted by molar-refractivity contribution is 6.32. The number of aromatic hydroxyl groups is 3. The van der Waals surface area contributed by atoms with Gasteiger partial charge in [-0.25, -0.2) is 4.79 Å². The van der Waals surface area contributed by atoms with Gasteiger partial charge in [-0.1, -0.05) is 60.4 Å². The number of phenols is 3. The third kappa shape index (κ3) is 16.9. The molecule has 6 heterocycles. The largest absolute Gasteiger partial charge is 0.508 e. The molecular formula is C77H87Cl2N9O22. The lowest BCUT2D eigenvalue weighted by Gasteiger charge is -2.54. The Balaban J connectivity index is 1.05. The van der Waals surface area contributed by atoms with E-state index in [0.717, 1.165) is 79.5 Å². The van der Waals surface area contributed by atoms with E-state index >= 15 is 28.8 Å². The minimum Gasteiger partial charge on any atom is -0.508 e. The molecular weight excluding hydrogens is 1470 g/mol. The topological polar surface area (TPSA) is 488 Å². The van der Waals surface area contributed by atoms with Crippen LogP contribution in [0.5, 0.6) is 46.0 Å². The van der Waals surface area contributed by atoms with Crippen molar-refractivity contribution in [3.05, 3.63) is 127 Å². The summed E-state index contributed by atoms with van der Waals surface area (Å²) in [4.78, 5) is 140. The molecule has 14 N–H and O–H groups in total. The van der Waals surface area contributed by atoms with E-state index < -0.39 is 204 Å². The van der Waals surface area contributed by atoms with Gasteiger partial charge in [0.05, 0.1) is 34.5 Å². The quantitative estimate of drug-likeness (QED) is 0.0287. The molecule has 31 nitrogen and oxygen atoms in total. The van der Waals surface area contributed by atoms with E-state index in [-0.39, 0.29) is 97.0 Å². The van der Waals surface area contributed by atoms with E-state index in [9.17, 15) is 60.8 Å². The van der Waals surface area contributed by atoms with Crippen LogP contribution in [0.25, 0.3) is 21.6 Å². The summed E-state index contributed by atoms with van der Waals surface area (Å²) in [6, 6.07) is 5.37. The predicted octanol–water partition coefficient (Wildman–Crippen LogP) is 7.76. The summed E-state index contributed by atoms with van der Waals surface area (Å²) in [5, 5.41) is 108. The van der Waals surface area contributed by atoms with Gasteiger partial charge in [0.15, 0.2) is 28.8 Å². The fraction of sp³-hybridized carbons (Fsp3) is 0.494. The fourth-order valence-corrected chi connectivity index (χ4v) is 17.1. The second-order valence-corrected chi connectivity index (χ2v) is 32.0. The van der Waals surface area contributed by atoms with Gasteiger partial charge in [0, 0.05) is 54.8 Å². The van der Waals surface area contributed by atoms with Crippen molar-refractivity contribution in [2.75, 3.05) is 13.6 Å². The average Bonchev–Trinajstić information content (AvgIpc) is 0.763. The van der Waals surface area contributed by atoms with Crippen molar-refractivity contribution in [2.24, 2.45) is 52.3 Å². The number of azide groups is 1. The summed E-state index contributed by atoms with van der Waals surface area (Å²) >= 11 is 14.2. The number of carbonyl (C=O) groups excluding carboxylic acids is 9. The monoisotopic (exact) mass is 1560 g/mol. The molecule has 1 saturated heterocycles. The number of benzene rings is 5. The number of rotatable bonds is 14. The van der Waals surface area contributed by atoms with Gasteiger partial charge in [0.1, 0.15) is 95.1 Å². The summed E-state index contributed by atoms with van der Waals surface area (Å²) in [5.74, 6) is -15.9. The zero-order valence-electron chi connectivity index (χ0n) is 60.7. The molecule has 10 aliphatic rings. The second-order valence-electron chi connectivity index (χ2n) is 31.2. The molecule has 0 spiro atoms.